The first kappa shape index (κ1) is 14.5. The predicted molar refractivity (Wildman–Crippen MR) is 83.3 cm³/mol. The fourth-order valence-corrected chi connectivity index (χ4v) is 2.90. The summed E-state index contributed by atoms with van der Waals surface area (Å²) in [6.07, 6.45) is 0.754. The molecule has 0 amide bonds. The number of hydroxylamine groups is 1. The van der Waals surface area contributed by atoms with Crippen molar-refractivity contribution >= 4 is 18.3 Å². The van der Waals surface area contributed by atoms with Crippen LogP contribution in [0.25, 0.3) is 0 Å². The molecular formula is C18H17NO3. The molecule has 3 atom stereocenters. The van der Waals surface area contributed by atoms with E-state index in [1.54, 1.807) is 5.06 Å². The SMILES string of the molecule is Cc1ccccc1N1OC(C=O)C(C=O)C1c1ccccc1. The van der Waals surface area contributed by atoms with Crippen LogP contribution in [0.15, 0.2) is 54.6 Å². The summed E-state index contributed by atoms with van der Waals surface area (Å²) in [7, 11) is 0. The van der Waals surface area contributed by atoms with Gasteiger partial charge in [-0.3, -0.25) is 4.84 Å². The predicted octanol–water partition coefficient (Wildman–Crippen LogP) is 2.87. The Hall–Kier alpha value is -2.46. The van der Waals surface area contributed by atoms with Crippen LogP contribution in [-0.4, -0.2) is 18.7 Å². The van der Waals surface area contributed by atoms with Gasteiger partial charge in [0.25, 0.3) is 0 Å². The molecule has 112 valence electrons. The summed E-state index contributed by atoms with van der Waals surface area (Å²) in [5.74, 6) is -0.528. The maximum Gasteiger partial charge on any atom is 0.152 e. The largest absolute Gasteiger partial charge is 0.303 e. The number of anilines is 1. The molecule has 1 aliphatic heterocycles. The average Bonchev–Trinajstić information content (AvgIpc) is 2.94. The molecule has 0 bridgehead atoms. The molecule has 3 rings (SSSR count). The average molecular weight is 295 g/mol. The van der Waals surface area contributed by atoms with Gasteiger partial charge >= 0.3 is 0 Å². The lowest BCUT2D eigenvalue weighted by Crippen LogP contribution is -2.25. The van der Waals surface area contributed by atoms with Crippen molar-refractivity contribution in [3.8, 4) is 0 Å². The standard InChI is InChI=1S/C18H17NO3/c1-13-7-5-6-10-16(13)19-18(14-8-3-2-4-9-14)15(11-20)17(12-21)22-19/h2-12,15,17-18H,1H3. The molecule has 0 aliphatic carbocycles. The van der Waals surface area contributed by atoms with E-state index in [0.29, 0.717) is 6.29 Å². The van der Waals surface area contributed by atoms with Crippen LogP contribution in [0, 0.1) is 12.8 Å². The van der Waals surface area contributed by atoms with Gasteiger partial charge < -0.3 is 9.59 Å². The molecule has 1 fully saturated rings. The van der Waals surface area contributed by atoms with Gasteiger partial charge in [0.1, 0.15) is 6.29 Å². The van der Waals surface area contributed by atoms with Crippen LogP contribution in [-0.2, 0) is 14.4 Å². The van der Waals surface area contributed by atoms with Crippen LogP contribution in [0.1, 0.15) is 17.2 Å². The van der Waals surface area contributed by atoms with E-state index in [2.05, 4.69) is 0 Å². The molecule has 1 heterocycles. The molecule has 0 aromatic heterocycles. The van der Waals surface area contributed by atoms with Crippen molar-refractivity contribution < 1.29 is 14.4 Å². The first-order chi connectivity index (χ1) is 10.8. The van der Waals surface area contributed by atoms with E-state index < -0.39 is 12.0 Å². The Morgan fingerprint density at radius 3 is 2.27 bits per heavy atom. The molecule has 2 aromatic carbocycles. The Morgan fingerprint density at radius 2 is 1.64 bits per heavy atom. The van der Waals surface area contributed by atoms with E-state index in [4.69, 9.17) is 4.84 Å². The normalized spacial score (nSPS) is 24.2. The Kier molecular flexibility index (Phi) is 4.02. The maximum absolute atomic E-state index is 11.6. The summed E-state index contributed by atoms with van der Waals surface area (Å²) in [4.78, 5) is 28.6. The number of carbonyl (C=O) groups excluding carboxylic acids is 2. The van der Waals surface area contributed by atoms with Crippen LogP contribution in [0.5, 0.6) is 0 Å². The van der Waals surface area contributed by atoms with Crippen molar-refractivity contribution in [2.45, 2.75) is 19.1 Å². The van der Waals surface area contributed by atoms with E-state index in [9.17, 15) is 9.59 Å². The minimum Gasteiger partial charge on any atom is -0.303 e. The highest BCUT2D eigenvalue weighted by atomic mass is 16.7. The molecule has 1 aliphatic rings. The lowest BCUT2D eigenvalue weighted by atomic mass is 9.91. The van der Waals surface area contributed by atoms with Gasteiger partial charge in [-0.15, -0.1) is 0 Å². The molecule has 0 radical (unpaired) electrons. The zero-order valence-electron chi connectivity index (χ0n) is 12.3. The first-order valence-electron chi connectivity index (χ1n) is 7.23. The number of hydrogen-bond donors (Lipinski definition) is 0. The lowest BCUT2D eigenvalue weighted by Gasteiger charge is -2.27. The molecule has 0 N–H and O–H groups in total. The van der Waals surface area contributed by atoms with Gasteiger partial charge in [-0.2, -0.15) is 0 Å². The number of aryl methyl sites for hydroxylation is 1. The molecule has 22 heavy (non-hydrogen) atoms. The Bertz CT molecular complexity index is 671. The van der Waals surface area contributed by atoms with Gasteiger partial charge in [0.15, 0.2) is 12.4 Å². The second-order valence-corrected chi connectivity index (χ2v) is 5.39. The molecule has 0 spiro atoms. The summed E-state index contributed by atoms with van der Waals surface area (Å²) in [5.41, 5.74) is 2.85. The third-order valence-electron chi connectivity index (χ3n) is 4.02. The number of carbonyl (C=O) groups is 2. The molecule has 4 heteroatoms. The van der Waals surface area contributed by atoms with E-state index in [0.717, 1.165) is 23.1 Å². The number of rotatable bonds is 4. The quantitative estimate of drug-likeness (QED) is 0.814. The Labute approximate surface area is 129 Å². The van der Waals surface area contributed by atoms with Crippen molar-refractivity contribution in [1.82, 2.24) is 0 Å². The van der Waals surface area contributed by atoms with Crippen molar-refractivity contribution in [2.75, 3.05) is 5.06 Å². The molecule has 0 saturated carbocycles. The van der Waals surface area contributed by atoms with Crippen LogP contribution in [0.3, 0.4) is 0 Å². The highest BCUT2D eigenvalue weighted by Gasteiger charge is 2.44. The topological polar surface area (TPSA) is 46.6 Å². The van der Waals surface area contributed by atoms with Crippen LogP contribution in [0.2, 0.25) is 0 Å². The van der Waals surface area contributed by atoms with E-state index in [1.807, 2.05) is 61.5 Å². The smallest absolute Gasteiger partial charge is 0.152 e. The van der Waals surface area contributed by atoms with Crippen molar-refractivity contribution in [3.05, 3.63) is 65.7 Å². The summed E-state index contributed by atoms with van der Waals surface area (Å²) in [6.45, 7) is 1.98. The maximum atomic E-state index is 11.6. The second-order valence-electron chi connectivity index (χ2n) is 5.39. The number of benzene rings is 2. The number of nitrogens with zero attached hydrogens (tertiary/aromatic N) is 1. The summed E-state index contributed by atoms with van der Waals surface area (Å²) < 4.78 is 0. The van der Waals surface area contributed by atoms with E-state index in [1.165, 1.54) is 0 Å². The van der Waals surface area contributed by atoms with Crippen molar-refractivity contribution in [1.29, 1.82) is 0 Å². The van der Waals surface area contributed by atoms with Crippen LogP contribution >= 0.6 is 0 Å². The summed E-state index contributed by atoms with van der Waals surface area (Å²) in [6, 6.07) is 17.1. The van der Waals surface area contributed by atoms with Gasteiger partial charge in [-0.25, -0.2) is 5.06 Å². The minimum absolute atomic E-state index is 0.310. The molecule has 3 unspecified atom stereocenters. The number of hydrogen-bond acceptors (Lipinski definition) is 4. The second kappa shape index (κ2) is 6.12. The zero-order chi connectivity index (χ0) is 15.5. The van der Waals surface area contributed by atoms with Gasteiger partial charge in [-0.05, 0) is 24.1 Å². The molecule has 1 saturated heterocycles. The Balaban J connectivity index is 2.09. The molecule has 4 nitrogen and oxygen atoms in total. The first-order valence-corrected chi connectivity index (χ1v) is 7.23. The van der Waals surface area contributed by atoms with Gasteiger partial charge in [0.2, 0.25) is 0 Å². The summed E-state index contributed by atoms with van der Waals surface area (Å²) in [5, 5.41) is 1.70. The number of aldehydes is 2. The fraction of sp³-hybridized carbons (Fsp3) is 0.222. The zero-order valence-corrected chi connectivity index (χ0v) is 12.3. The van der Waals surface area contributed by atoms with E-state index >= 15 is 0 Å². The van der Waals surface area contributed by atoms with E-state index in [-0.39, 0.29) is 6.04 Å². The monoisotopic (exact) mass is 295 g/mol. The molecular weight excluding hydrogens is 278 g/mol. The van der Waals surface area contributed by atoms with Crippen molar-refractivity contribution in [3.63, 3.8) is 0 Å². The Morgan fingerprint density at radius 1 is 0.955 bits per heavy atom. The third-order valence-corrected chi connectivity index (χ3v) is 4.02. The van der Waals surface area contributed by atoms with Gasteiger partial charge in [0.05, 0.1) is 17.6 Å². The highest BCUT2D eigenvalue weighted by molar-refractivity contribution is 5.71. The van der Waals surface area contributed by atoms with Crippen molar-refractivity contribution in [2.24, 2.45) is 5.92 Å². The highest BCUT2D eigenvalue weighted by Crippen LogP contribution is 2.41. The summed E-state index contributed by atoms with van der Waals surface area (Å²) >= 11 is 0. The lowest BCUT2D eigenvalue weighted by molar-refractivity contribution is -0.122. The van der Waals surface area contributed by atoms with Crippen LogP contribution < -0.4 is 5.06 Å². The third kappa shape index (κ3) is 2.42. The van der Waals surface area contributed by atoms with Gasteiger partial charge in [0, 0.05) is 0 Å². The minimum atomic E-state index is -0.762. The fourth-order valence-electron chi connectivity index (χ4n) is 2.90. The number of para-hydroxylation sites is 1. The van der Waals surface area contributed by atoms with Crippen LogP contribution in [0.4, 0.5) is 5.69 Å². The van der Waals surface area contributed by atoms with Gasteiger partial charge in [-0.1, -0.05) is 48.5 Å². The molecule has 2 aromatic rings.